The summed E-state index contributed by atoms with van der Waals surface area (Å²) in [6.07, 6.45) is 6.97. The Balaban J connectivity index is 1.41. The van der Waals surface area contributed by atoms with Gasteiger partial charge in [0.25, 0.3) is 11.1 Å². The van der Waals surface area contributed by atoms with Gasteiger partial charge < -0.3 is 18.6 Å². The molecule has 3 unspecified atom stereocenters. The number of pyridine rings is 3. The molecule has 1 fully saturated rings. The van der Waals surface area contributed by atoms with E-state index in [1.54, 1.807) is 16.8 Å². The molecule has 0 spiro atoms. The zero-order valence-electron chi connectivity index (χ0n) is 20.1. The molecule has 0 saturated heterocycles. The van der Waals surface area contributed by atoms with Crippen molar-refractivity contribution >= 4 is 21.8 Å². The Labute approximate surface area is 202 Å². The van der Waals surface area contributed by atoms with Gasteiger partial charge in [0, 0.05) is 18.4 Å². The first kappa shape index (κ1) is 21.9. The predicted molar refractivity (Wildman–Crippen MR) is 136 cm³/mol. The summed E-state index contributed by atoms with van der Waals surface area (Å²) in [4.78, 5) is 31.6. The molecule has 1 saturated carbocycles. The lowest BCUT2D eigenvalue weighted by molar-refractivity contribution is 0.171. The van der Waals surface area contributed by atoms with Gasteiger partial charge in [-0.15, -0.1) is 0 Å². The Hall–Kier alpha value is -3.61. The van der Waals surface area contributed by atoms with Crippen molar-refractivity contribution in [3.63, 3.8) is 0 Å². The standard InChI is InChI=1S/C28H29N3O4/c1-17-4-3-5-24(18(17)2)31-11-9-23-21(28(31)33)15-20-22(29-23)8-10-30(27(20)32)16-19-6-7-25-26(14-19)35-13-12-34-25/h6-11,14-15,17-18,24H,3-5,12-13,16H2,1-2H3. The molecule has 0 radical (unpaired) electrons. The van der Waals surface area contributed by atoms with E-state index >= 15 is 0 Å². The molecule has 1 aliphatic heterocycles. The second kappa shape index (κ2) is 8.56. The van der Waals surface area contributed by atoms with E-state index in [1.165, 1.54) is 6.42 Å². The number of hydrogen-bond acceptors (Lipinski definition) is 5. The molecule has 3 aromatic heterocycles. The summed E-state index contributed by atoms with van der Waals surface area (Å²) in [6.45, 7) is 5.95. The van der Waals surface area contributed by atoms with Crippen LogP contribution in [0.3, 0.4) is 0 Å². The van der Waals surface area contributed by atoms with Crippen molar-refractivity contribution in [1.29, 1.82) is 0 Å². The summed E-state index contributed by atoms with van der Waals surface area (Å²) >= 11 is 0. The summed E-state index contributed by atoms with van der Waals surface area (Å²) in [6, 6.07) is 11.4. The van der Waals surface area contributed by atoms with Crippen LogP contribution < -0.4 is 20.6 Å². The Morgan fingerprint density at radius 1 is 0.886 bits per heavy atom. The number of nitrogens with zero attached hydrogens (tertiary/aromatic N) is 3. The number of ether oxygens (including phenoxy) is 2. The van der Waals surface area contributed by atoms with E-state index in [2.05, 4.69) is 18.8 Å². The first-order valence-electron chi connectivity index (χ1n) is 12.4. The third-order valence-electron chi connectivity index (χ3n) is 7.82. The highest BCUT2D eigenvalue weighted by molar-refractivity contribution is 5.91. The molecule has 180 valence electrons. The molecule has 6 rings (SSSR count). The van der Waals surface area contributed by atoms with Gasteiger partial charge in [0.2, 0.25) is 0 Å². The number of benzene rings is 1. The lowest BCUT2D eigenvalue weighted by Crippen LogP contribution is -2.33. The van der Waals surface area contributed by atoms with Crippen LogP contribution in [0, 0.1) is 11.8 Å². The number of hydrogen-bond donors (Lipinski definition) is 0. The molecule has 7 nitrogen and oxygen atoms in total. The highest BCUT2D eigenvalue weighted by Crippen LogP contribution is 2.37. The summed E-state index contributed by atoms with van der Waals surface area (Å²) in [5.74, 6) is 2.43. The molecular weight excluding hydrogens is 442 g/mol. The first-order chi connectivity index (χ1) is 17.0. The fourth-order valence-electron chi connectivity index (χ4n) is 5.59. The third kappa shape index (κ3) is 3.79. The summed E-state index contributed by atoms with van der Waals surface area (Å²) in [5.41, 5.74) is 1.93. The van der Waals surface area contributed by atoms with Crippen molar-refractivity contribution in [3.05, 3.63) is 75.1 Å². The average Bonchev–Trinajstić information content (AvgIpc) is 2.87. The van der Waals surface area contributed by atoms with Gasteiger partial charge in [-0.2, -0.15) is 0 Å². The fraction of sp³-hybridized carbons (Fsp3) is 0.393. The average molecular weight is 472 g/mol. The normalized spacial score (nSPS) is 21.9. The van der Waals surface area contributed by atoms with Crippen LogP contribution in [0.4, 0.5) is 0 Å². The number of rotatable bonds is 3. The summed E-state index contributed by atoms with van der Waals surface area (Å²) in [7, 11) is 0. The highest BCUT2D eigenvalue weighted by atomic mass is 16.6. The summed E-state index contributed by atoms with van der Waals surface area (Å²) < 4.78 is 14.8. The first-order valence-corrected chi connectivity index (χ1v) is 12.4. The molecule has 35 heavy (non-hydrogen) atoms. The van der Waals surface area contributed by atoms with Gasteiger partial charge in [0.1, 0.15) is 13.2 Å². The maximum Gasteiger partial charge on any atom is 0.260 e. The predicted octanol–water partition coefficient (Wildman–Crippen LogP) is 4.53. The van der Waals surface area contributed by atoms with Crippen molar-refractivity contribution in [2.45, 2.75) is 45.7 Å². The van der Waals surface area contributed by atoms with Crippen LogP contribution >= 0.6 is 0 Å². The van der Waals surface area contributed by atoms with E-state index in [-0.39, 0.29) is 17.2 Å². The van der Waals surface area contributed by atoms with Gasteiger partial charge >= 0.3 is 0 Å². The largest absolute Gasteiger partial charge is 0.486 e. The van der Waals surface area contributed by atoms with Gasteiger partial charge in [-0.05, 0) is 54.2 Å². The van der Waals surface area contributed by atoms with E-state index in [0.29, 0.717) is 59.1 Å². The zero-order chi connectivity index (χ0) is 24.1. The Morgan fingerprint density at radius 3 is 2.46 bits per heavy atom. The van der Waals surface area contributed by atoms with E-state index in [4.69, 9.17) is 9.47 Å². The van der Waals surface area contributed by atoms with Crippen LogP contribution in [0.2, 0.25) is 0 Å². The van der Waals surface area contributed by atoms with Gasteiger partial charge in [0.15, 0.2) is 11.5 Å². The molecule has 2 aliphatic rings. The smallest absolute Gasteiger partial charge is 0.260 e. The van der Waals surface area contributed by atoms with Crippen LogP contribution in [0.25, 0.3) is 21.8 Å². The maximum absolute atomic E-state index is 13.5. The zero-order valence-corrected chi connectivity index (χ0v) is 20.1. The second-order valence-corrected chi connectivity index (χ2v) is 9.94. The molecule has 4 heterocycles. The van der Waals surface area contributed by atoms with Crippen molar-refractivity contribution < 1.29 is 9.47 Å². The minimum atomic E-state index is -0.166. The Morgan fingerprint density at radius 2 is 1.63 bits per heavy atom. The van der Waals surface area contributed by atoms with Crippen LogP contribution in [0.1, 0.15) is 44.7 Å². The quantitative estimate of drug-likeness (QED) is 0.411. The van der Waals surface area contributed by atoms with E-state index in [9.17, 15) is 9.59 Å². The minimum Gasteiger partial charge on any atom is -0.486 e. The number of aromatic nitrogens is 3. The third-order valence-corrected chi connectivity index (χ3v) is 7.82. The Bertz CT molecular complexity index is 1550. The van der Waals surface area contributed by atoms with Gasteiger partial charge in [-0.3, -0.25) is 9.59 Å². The van der Waals surface area contributed by atoms with Gasteiger partial charge in [-0.25, -0.2) is 4.98 Å². The minimum absolute atomic E-state index is 0.0653. The van der Waals surface area contributed by atoms with Crippen molar-refractivity contribution in [2.24, 2.45) is 11.8 Å². The topological polar surface area (TPSA) is 75.3 Å². The SMILES string of the molecule is CC1CCCC(n2ccc3nc4ccn(Cc5ccc6c(c5)OCCO6)c(=O)c4cc3c2=O)C1C. The molecule has 0 amide bonds. The van der Waals surface area contributed by atoms with Crippen LogP contribution in [0.15, 0.2) is 58.4 Å². The molecule has 0 N–H and O–H groups in total. The number of fused-ring (bicyclic) bond motifs is 3. The Kier molecular flexibility index (Phi) is 5.35. The van der Waals surface area contributed by atoms with E-state index in [0.717, 1.165) is 24.2 Å². The highest BCUT2D eigenvalue weighted by Gasteiger charge is 2.29. The van der Waals surface area contributed by atoms with Crippen molar-refractivity contribution in [2.75, 3.05) is 13.2 Å². The monoisotopic (exact) mass is 471 g/mol. The maximum atomic E-state index is 13.5. The molecule has 0 bridgehead atoms. The molecule has 7 heteroatoms. The van der Waals surface area contributed by atoms with E-state index in [1.807, 2.05) is 41.1 Å². The lowest BCUT2D eigenvalue weighted by atomic mass is 9.78. The van der Waals surface area contributed by atoms with Crippen molar-refractivity contribution in [3.8, 4) is 11.5 Å². The van der Waals surface area contributed by atoms with Crippen LogP contribution in [-0.2, 0) is 6.54 Å². The van der Waals surface area contributed by atoms with Crippen LogP contribution in [-0.4, -0.2) is 27.3 Å². The molecule has 3 atom stereocenters. The molecule has 4 aromatic rings. The fourth-order valence-corrected chi connectivity index (χ4v) is 5.59. The van der Waals surface area contributed by atoms with E-state index < -0.39 is 0 Å². The second-order valence-electron chi connectivity index (χ2n) is 9.94. The van der Waals surface area contributed by atoms with Gasteiger partial charge in [0.05, 0.1) is 28.4 Å². The van der Waals surface area contributed by atoms with Gasteiger partial charge in [-0.1, -0.05) is 32.8 Å². The lowest BCUT2D eigenvalue weighted by Gasteiger charge is -2.35. The molecule has 1 aliphatic carbocycles. The summed E-state index contributed by atoms with van der Waals surface area (Å²) in [5, 5.41) is 0.956. The van der Waals surface area contributed by atoms with Crippen LogP contribution in [0.5, 0.6) is 11.5 Å². The van der Waals surface area contributed by atoms with Crippen molar-refractivity contribution in [1.82, 2.24) is 14.1 Å². The molecule has 1 aromatic carbocycles. The molecular formula is C28H29N3O4.